The van der Waals surface area contributed by atoms with Crippen molar-refractivity contribution < 1.29 is 19.5 Å². The zero-order valence-electron chi connectivity index (χ0n) is 10.0. The maximum absolute atomic E-state index is 10.9. The molecule has 1 aromatic carbocycles. The summed E-state index contributed by atoms with van der Waals surface area (Å²) in [5.41, 5.74) is 0.611. The number of rotatable bonds is 3. The molecule has 0 radical (unpaired) electrons. The first kappa shape index (κ1) is 12.8. The van der Waals surface area contributed by atoms with Crippen molar-refractivity contribution in [2.24, 2.45) is 0 Å². The van der Waals surface area contributed by atoms with Crippen LogP contribution in [0.25, 0.3) is 0 Å². The van der Waals surface area contributed by atoms with Gasteiger partial charge in [0.15, 0.2) is 5.75 Å². The normalized spacial score (nSPS) is 23.7. The molecule has 1 N–H and O–H groups in total. The Morgan fingerprint density at radius 1 is 1.56 bits per heavy atom. The first-order valence-electron chi connectivity index (χ1n) is 5.74. The molecule has 98 valence electrons. The third kappa shape index (κ3) is 2.60. The molecule has 2 atom stereocenters. The smallest absolute Gasteiger partial charge is 0.311 e. The van der Waals surface area contributed by atoms with Crippen molar-refractivity contribution >= 4 is 5.69 Å². The SMILES string of the molecule is COc1ccc(C2CC(O)CCO2)cc1[N+](=O)[O-]. The van der Waals surface area contributed by atoms with Crippen molar-refractivity contribution in [1.82, 2.24) is 0 Å². The van der Waals surface area contributed by atoms with E-state index in [1.54, 1.807) is 12.1 Å². The number of hydrogen-bond donors (Lipinski definition) is 1. The van der Waals surface area contributed by atoms with Gasteiger partial charge in [0.1, 0.15) is 0 Å². The second-order valence-electron chi connectivity index (χ2n) is 4.23. The Bertz CT molecular complexity index is 448. The van der Waals surface area contributed by atoms with E-state index in [9.17, 15) is 15.2 Å². The molecule has 1 heterocycles. The third-order valence-corrected chi connectivity index (χ3v) is 3.03. The van der Waals surface area contributed by atoms with Gasteiger partial charge in [-0.2, -0.15) is 0 Å². The molecule has 1 aromatic rings. The molecule has 2 unspecified atom stereocenters. The monoisotopic (exact) mass is 253 g/mol. The van der Waals surface area contributed by atoms with Crippen molar-refractivity contribution in [3.05, 3.63) is 33.9 Å². The number of benzene rings is 1. The lowest BCUT2D eigenvalue weighted by Crippen LogP contribution is -2.23. The van der Waals surface area contributed by atoms with Gasteiger partial charge >= 0.3 is 5.69 Å². The molecule has 1 fully saturated rings. The van der Waals surface area contributed by atoms with Gasteiger partial charge in [0.25, 0.3) is 0 Å². The molecule has 6 nitrogen and oxygen atoms in total. The molecule has 0 spiro atoms. The van der Waals surface area contributed by atoms with Gasteiger partial charge in [-0.25, -0.2) is 0 Å². The van der Waals surface area contributed by atoms with Gasteiger partial charge in [0.05, 0.1) is 24.2 Å². The average molecular weight is 253 g/mol. The van der Waals surface area contributed by atoms with E-state index in [0.717, 1.165) is 0 Å². The lowest BCUT2D eigenvalue weighted by molar-refractivity contribution is -0.385. The summed E-state index contributed by atoms with van der Waals surface area (Å²) in [5, 5.41) is 20.5. The van der Waals surface area contributed by atoms with Gasteiger partial charge in [0, 0.05) is 19.1 Å². The fourth-order valence-electron chi connectivity index (χ4n) is 2.06. The summed E-state index contributed by atoms with van der Waals surface area (Å²) in [4.78, 5) is 10.4. The number of aliphatic hydroxyl groups is 1. The first-order valence-corrected chi connectivity index (χ1v) is 5.74. The molecule has 0 amide bonds. The quantitative estimate of drug-likeness (QED) is 0.656. The highest BCUT2D eigenvalue weighted by Gasteiger charge is 2.25. The topological polar surface area (TPSA) is 81.8 Å². The van der Waals surface area contributed by atoms with Crippen molar-refractivity contribution in [3.8, 4) is 5.75 Å². The zero-order valence-corrected chi connectivity index (χ0v) is 10.0. The third-order valence-electron chi connectivity index (χ3n) is 3.03. The molecule has 2 rings (SSSR count). The molecule has 0 aliphatic carbocycles. The fourth-order valence-corrected chi connectivity index (χ4v) is 2.06. The van der Waals surface area contributed by atoms with E-state index in [1.807, 2.05) is 0 Å². The number of nitro groups is 1. The highest BCUT2D eigenvalue weighted by Crippen LogP contribution is 2.34. The molecule has 0 saturated carbocycles. The van der Waals surface area contributed by atoms with Crippen LogP contribution in [0.3, 0.4) is 0 Å². The Hall–Kier alpha value is -1.66. The standard InChI is InChI=1S/C12H15NO5/c1-17-11-3-2-8(6-10(11)13(15)16)12-7-9(14)4-5-18-12/h2-3,6,9,12,14H,4-5,7H2,1H3. The number of hydrogen-bond acceptors (Lipinski definition) is 5. The summed E-state index contributed by atoms with van der Waals surface area (Å²) < 4.78 is 10.5. The Morgan fingerprint density at radius 3 is 2.94 bits per heavy atom. The summed E-state index contributed by atoms with van der Waals surface area (Å²) in [6.45, 7) is 0.464. The van der Waals surface area contributed by atoms with Gasteiger partial charge < -0.3 is 14.6 Å². The lowest BCUT2D eigenvalue weighted by Gasteiger charge is -2.26. The van der Waals surface area contributed by atoms with E-state index in [2.05, 4.69) is 0 Å². The number of nitrogens with zero attached hydrogens (tertiary/aromatic N) is 1. The lowest BCUT2D eigenvalue weighted by atomic mass is 9.99. The van der Waals surface area contributed by atoms with Crippen LogP contribution >= 0.6 is 0 Å². The summed E-state index contributed by atoms with van der Waals surface area (Å²) in [7, 11) is 1.39. The molecule has 18 heavy (non-hydrogen) atoms. The average Bonchev–Trinajstić information content (AvgIpc) is 2.38. The predicted molar refractivity (Wildman–Crippen MR) is 63.6 cm³/mol. The minimum absolute atomic E-state index is 0.0846. The number of nitro benzene ring substituents is 1. The molecule has 1 aliphatic heterocycles. The maximum Gasteiger partial charge on any atom is 0.311 e. The van der Waals surface area contributed by atoms with Gasteiger partial charge in [-0.3, -0.25) is 10.1 Å². The summed E-state index contributed by atoms with van der Waals surface area (Å²) >= 11 is 0. The van der Waals surface area contributed by atoms with Crippen LogP contribution in [0.5, 0.6) is 5.75 Å². The number of ether oxygens (including phenoxy) is 2. The predicted octanol–water partition coefficient (Wildman–Crippen LogP) is 1.82. The van der Waals surface area contributed by atoms with Gasteiger partial charge in [-0.15, -0.1) is 0 Å². The van der Waals surface area contributed by atoms with Gasteiger partial charge in [-0.05, 0) is 18.1 Å². The minimum Gasteiger partial charge on any atom is -0.490 e. The van der Waals surface area contributed by atoms with Crippen molar-refractivity contribution in [3.63, 3.8) is 0 Å². The van der Waals surface area contributed by atoms with Crippen LogP contribution in [-0.2, 0) is 4.74 Å². The highest BCUT2D eigenvalue weighted by atomic mass is 16.6. The van der Waals surface area contributed by atoms with Crippen LogP contribution < -0.4 is 4.74 Å². The van der Waals surface area contributed by atoms with E-state index in [-0.39, 0.29) is 17.5 Å². The van der Waals surface area contributed by atoms with E-state index < -0.39 is 11.0 Å². The second kappa shape index (κ2) is 5.32. The van der Waals surface area contributed by atoms with Crippen molar-refractivity contribution in [1.29, 1.82) is 0 Å². The molecule has 0 aromatic heterocycles. The maximum atomic E-state index is 10.9. The highest BCUT2D eigenvalue weighted by molar-refractivity contribution is 5.49. The molecule has 0 bridgehead atoms. The Labute approximate surface area is 104 Å². The molecule has 1 aliphatic rings. The Morgan fingerprint density at radius 2 is 2.33 bits per heavy atom. The van der Waals surface area contributed by atoms with E-state index >= 15 is 0 Å². The van der Waals surface area contributed by atoms with E-state index in [4.69, 9.17) is 9.47 Å². The van der Waals surface area contributed by atoms with Gasteiger partial charge in [-0.1, -0.05) is 6.07 Å². The minimum atomic E-state index is -0.485. The van der Waals surface area contributed by atoms with E-state index in [1.165, 1.54) is 13.2 Å². The summed E-state index contributed by atoms with van der Waals surface area (Å²) in [5.74, 6) is 0.222. The Kier molecular flexibility index (Phi) is 3.78. The van der Waals surface area contributed by atoms with E-state index in [0.29, 0.717) is 25.0 Å². The summed E-state index contributed by atoms with van der Waals surface area (Å²) in [6.07, 6.45) is 0.362. The first-order chi connectivity index (χ1) is 8.61. The Balaban J connectivity index is 2.28. The summed E-state index contributed by atoms with van der Waals surface area (Å²) in [6, 6.07) is 4.73. The number of methoxy groups -OCH3 is 1. The van der Waals surface area contributed by atoms with Crippen LogP contribution in [0.2, 0.25) is 0 Å². The molecular weight excluding hydrogens is 238 g/mol. The van der Waals surface area contributed by atoms with Gasteiger partial charge in [0.2, 0.25) is 0 Å². The van der Waals surface area contributed by atoms with Crippen LogP contribution in [0.15, 0.2) is 18.2 Å². The number of aliphatic hydroxyl groups excluding tert-OH is 1. The van der Waals surface area contributed by atoms with Crippen molar-refractivity contribution in [2.75, 3.05) is 13.7 Å². The zero-order chi connectivity index (χ0) is 13.1. The largest absolute Gasteiger partial charge is 0.490 e. The molecular formula is C12H15NO5. The van der Waals surface area contributed by atoms with Crippen LogP contribution in [0.1, 0.15) is 24.5 Å². The van der Waals surface area contributed by atoms with Crippen LogP contribution in [0.4, 0.5) is 5.69 Å². The fraction of sp³-hybridized carbons (Fsp3) is 0.500. The van der Waals surface area contributed by atoms with Crippen LogP contribution in [0, 0.1) is 10.1 Å². The molecule has 1 saturated heterocycles. The molecule has 6 heteroatoms. The second-order valence-corrected chi connectivity index (χ2v) is 4.23. The van der Waals surface area contributed by atoms with Crippen LogP contribution in [-0.4, -0.2) is 29.9 Å². The van der Waals surface area contributed by atoms with Crippen molar-refractivity contribution in [2.45, 2.75) is 25.0 Å².